The summed E-state index contributed by atoms with van der Waals surface area (Å²) in [6.45, 7) is 0.620. The third-order valence-electron chi connectivity index (χ3n) is 2.50. The second-order valence-corrected chi connectivity index (χ2v) is 6.22. The number of carbonyl (C=O) groups is 1. The second kappa shape index (κ2) is 7.93. The van der Waals surface area contributed by atoms with Crippen LogP contribution >= 0.6 is 0 Å². The highest BCUT2D eigenvalue weighted by atomic mass is 32.2. The second-order valence-electron chi connectivity index (χ2n) is 4.24. The summed E-state index contributed by atoms with van der Waals surface area (Å²) in [4.78, 5) is 15.6. The van der Waals surface area contributed by atoms with E-state index in [1.165, 1.54) is 7.11 Å². The summed E-state index contributed by atoms with van der Waals surface area (Å²) in [6.07, 6.45) is 4.25. The number of pyridine rings is 1. The number of nitrogens with zero attached hydrogens (tertiary/aromatic N) is 2. The molecule has 0 aliphatic heterocycles. The summed E-state index contributed by atoms with van der Waals surface area (Å²) < 4.78 is 29.3. The van der Waals surface area contributed by atoms with Gasteiger partial charge in [-0.25, -0.2) is 8.42 Å². The highest BCUT2D eigenvalue weighted by molar-refractivity contribution is 7.88. The molecule has 0 saturated carbocycles. The Balaban J connectivity index is 2.64. The van der Waals surface area contributed by atoms with Crippen LogP contribution in [0.4, 0.5) is 0 Å². The average molecular weight is 301 g/mol. The predicted molar refractivity (Wildman–Crippen MR) is 74.4 cm³/mol. The lowest BCUT2D eigenvalue weighted by Crippen LogP contribution is -2.40. The molecular formula is C12H19N3O4S. The van der Waals surface area contributed by atoms with Crippen molar-refractivity contribution in [2.24, 2.45) is 0 Å². The van der Waals surface area contributed by atoms with E-state index in [-0.39, 0.29) is 19.0 Å². The Labute approximate surface area is 119 Å². The van der Waals surface area contributed by atoms with Crippen molar-refractivity contribution in [1.29, 1.82) is 0 Å². The smallest absolute Gasteiger partial charge is 0.235 e. The van der Waals surface area contributed by atoms with E-state index in [2.05, 4.69) is 10.3 Å². The van der Waals surface area contributed by atoms with Crippen LogP contribution in [0.25, 0.3) is 0 Å². The number of amides is 1. The number of carbonyl (C=O) groups excluding carboxylic acids is 1. The molecule has 0 aromatic carbocycles. The van der Waals surface area contributed by atoms with Crippen LogP contribution in [0, 0.1) is 0 Å². The topological polar surface area (TPSA) is 88.6 Å². The number of sulfonamides is 1. The van der Waals surface area contributed by atoms with Crippen LogP contribution in [0.1, 0.15) is 5.56 Å². The number of ether oxygens (including phenoxy) is 1. The molecule has 0 bridgehead atoms. The fourth-order valence-corrected chi connectivity index (χ4v) is 2.23. The molecule has 0 spiro atoms. The Kier molecular flexibility index (Phi) is 6.56. The number of rotatable bonds is 8. The van der Waals surface area contributed by atoms with Crippen LogP contribution in [-0.2, 0) is 26.1 Å². The number of hydrogen-bond donors (Lipinski definition) is 1. The maximum absolute atomic E-state index is 11.7. The molecule has 8 heteroatoms. The zero-order valence-electron chi connectivity index (χ0n) is 11.6. The summed E-state index contributed by atoms with van der Waals surface area (Å²) in [5.74, 6) is -0.364. The highest BCUT2D eigenvalue weighted by Gasteiger charge is 2.20. The average Bonchev–Trinajstić information content (AvgIpc) is 2.38. The summed E-state index contributed by atoms with van der Waals surface area (Å²) in [5.41, 5.74) is 0.725. The maximum Gasteiger partial charge on any atom is 0.235 e. The molecule has 112 valence electrons. The van der Waals surface area contributed by atoms with Crippen molar-refractivity contribution in [3.8, 4) is 0 Å². The van der Waals surface area contributed by atoms with Crippen molar-refractivity contribution in [1.82, 2.24) is 14.6 Å². The van der Waals surface area contributed by atoms with Gasteiger partial charge in [0.25, 0.3) is 0 Å². The standard InChI is InChI=1S/C12H19N3O4S/c1-19-7-6-14-12(16)10-15(20(2,17)18)9-11-4-3-5-13-8-11/h3-5,8H,6-7,9-10H2,1-2H3,(H,14,16). The molecule has 1 heterocycles. The molecule has 20 heavy (non-hydrogen) atoms. The monoisotopic (exact) mass is 301 g/mol. The largest absolute Gasteiger partial charge is 0.383 e. The van der Waals surface area contributed by atoms with Crippen molar-refractivity contribution in [3.05, 3.63) is 30.1 Å². The minimum absolute atomic E-state index is 0.115. The number of aromatic nitrogens is 1. The van der Waals surface area contributed by atoms with Crippen LogP contribution in [0.5, 0.6) is 0 Å². The molecule has 0 fully saturated rings. The lowest BCUT2D eigenvalue weighted by atomic mass is 10.3. The fourth-order valence-electron chi connectivity index (χ4n) is 1.49. The molecule has 1 rings (SSSR count). The first-order valence-corrected chi connectivity index (χ1v) is 7.88. The molecule has 0 radical (unpaired) electrons. The number of methoxy groups -OCH3 is 1. The van der Waals surface area contributed by atoms with Crippen molar-refractivity contribution < 1.29 is 17.9 Å². The minimum atomic E-state index is -3.48. The minimum Gasteiger partial charge on any atom is -0.383 e. The molecular weight excluding hydrogens is 282 g/mol. The van der Waals surface area contributed by atoms with E-state index >= 15 is 0 Å². The summed E-state index contributed by atoms with van der Waals surface area (Å²) in [5, 5.41) is 2.59. The maximum atomic E-state index is 11.7. The Morgan fingerprint density at radius 3 is 2.80 bits per heavy atom. The Hall–Kier alpha value is -1.51. The quantitative estimate of drug-likeness (QED) is 0.660. The van der Waals surface area contributed by atoms with Gasteiger partial charge in [-0.2, -0.15) is 4.31 Å². The van der Waals surface area contributed by atoms with Crippen LogP contribution < -0.4 is 5.32 Å². The SMILES string of the molecule is COCCNC(=O)CN(Cc1cccnc1)S(C)(=O)=O. The molecule has 7 nitrogen and oxygen atoms in total. The molecule has 0 unspecified atom stereocenters. The van der Waals surface area contributed by atoms with Gasteiger partial charge in [0.1, 0.15) is 0 Å². The van der Waals surface area contributed by atoms with Gasteiger partial charge in [-0.3, -0.25) is 9.78 Å². The lowest BCUT2D eigenvalue weighted by molar-refractivity contribution is -0.121. The molecule has 1 N–H and O–H groups in total. The lowest BCUT2D eigenvalue weighted by Gasteiger charge is -2.19. The van der Waals surface area contributed by atoms with Gasteiger partial charge in [0.2, 0.25) is 15.9 Å². The summed E-state index contributed by atoms with van der Waals surface area (Å²) in [6, 6.07) is 3.47. The van der Waals surface area contributed by atoms with Gasteiger partial charge in [0.15, 0.2) is 0 Å². The first-order chi connectivity index (χ1) is 9.43. The van der Waals surface area contributed by atoms with E-state index in [1.807, 2.05) is 0 Å². The van der Waals surface area contributed by atoms with Gasteiger partial charge in [0.05, 0.1) is 19.4 Å². The van der Waals surface area contributed by atoms with Crippen molar-refractivity contribution in [2.75, 3.05) is 33.1 Å². The normalized spacial score (nSPS) is 11.6. The van der Waals surface area contributed by atoms with Gasteiger partial charge >= 0.3 is 0 Å². The first-order valence-electron chi connectivity index (χ1n) is 6.03. The Morgan fingerprint density at radius 2 is 2.25 bits per heavy atom. The van der Waals surface area contributed by atoms with E-state index in [9.17, 15) is 13.2 Å². The Morgan fingerprint density at radius 1 is 1.50 bits per heavy atom. The highest BCUT2D eigenvalue weighted by Crippen LogP contribution is 2.06. The summed E-state index contributed by atoms with van der Waals surface area (Å²) in [7, 11) is -1.95. The molecule has 1 aromatic heterocycles. The first kappa shape index (κ1) is 16.5. The molecule has 0 saturated heterocycles. The number of hydrogen-bond acceptors (Lipinski definition) is 5. The molecule has 1 aromatic rings. The van der Waals surface area contributed by atoms with E-state index in [0.717, 1.165) is 16.1 Å². The molecule has 1 amide bonds. The Bertz CT molecular complexity index is 519. The molecule has 0 atom stereocenters. The van der Waals surface area contributed by atoms with Crippen molar-refractivity contribution in [3.63, 3.8) is 0 Å². The summed E-state index contributed by atoms with van der Waals surface area (Å²) >= 11 is 0. The van der Waals surface area contributed by atoms with Gasteiger partial charge in [-0.05, 0) is 11.6 Å². The van der Waals surface area contributed by atoms with Crippen LogP contribution in [-0.4, -0.2) is 56.7 Å². The predicted octanol–water partition coefficient (Wildman–Crippen LogP) is -0.394. The van der Waals surface area contributed by atoms with Crippen LogP contribution in [0.3, 0.4) is 0 Å². The van der Waals surface area contributed by atoms with E-state index in [1.54, 1.807) is 24.5 Å². The van der Waals surface area contributed by atoms with Crippen molar-refractivity contribution in [2.45, 2.75) is 6.54 Å². The zero-order valence-corrected chi connectivity index (χ0v) is 12.4. The third kappa shape index (κ3) is 6.09. The van der Waals surface area contributed by atoms with Gasteiger partial charge in [-0.1, -0.05) is 6.07 Å². The molecule has 0 aliphatic carbocycles. The number of nitrogens with one attached hydrogen (secondary N) is 1. The van der Waals surface area contributed by atoms with E-state index in [4.69, 9.17) is 4.74 Å². The van der Waals surface area contributed by atoms with Crippen molar-refractivity contribution >= 4 is 15.9 Å². The van der Waals surface area contributed by atoms with E-state index < -0.39 is 10.0 Å². The molecule has 0 aliphatic rings. The van der Waals surface area contributed by atoms with Gasteiger partial charge in [-0.15, -0.1) is 0 Å². The van der Waals surface area contributed by atoms with Crippen LogP contribution in [0.2, 0.25) is 0 Å². The van der Waals surface area contributed by atoms with E-state index in [0.29, 0.717) is 13.2 Å². The van der Waals surface area contributed by atoms with Gasteiger partial charge in [0, 0.05) is 32.6 Å². The van der Waals surface area contributed by atoms with Gasteiger partial charge < -0.3 is 10.1 Å². The third-order valence-corrected chi connectivity index (χ3v) is 3.70. The zero-order chi connectivity index (χ0) is 15.0. The fraction of sp³-hybridized carbons (Fsp3) is 0.500. The van der Waals surface area contributed by atoms with Crippen LogP contribution in [0.15, 0.2) is 24.5 Å².